The van der Waals surface area contributed by atoms with E-state index in [9.17, 15) is 0 Å². The van der Waals surface area contributed by atoms with Crippen LogP contribution in [-0.2, 0) is 13.0 Å². The Balaban J connectivity index is 1.56. The molecule has 0 aliphatic carbocycles. The molecule has 2 aromatic heterocycles. The molecule has 1 atom stereocenters. The third kappa shape index (κ3) is 3.44. The molecule has 7 heteroatoms. The van der Waals surface area contributed by atoms with E-state index < -0.39 is 0 Å². The molecule has 4 aromatic rings. The minimum Gasteiger partial charge on any atom is -0.497 e. The zero-order valence-electron chi connectivity index (χ0n) is 18.8. The molecule has 166 valence electrons. The number of nitrogens with one attached hydrogen (secondary N) is 1. The summed E-state index contributed by atoms with van der Waals surface area (Å²) in [5.74, 6) is 1.75. The van der Waals surface area contributed by atoms with Gasteiger partial charge in [-0.05, 0) is 55.8 Å². The van der Waals surface area contributed by atoms with Gasteiger partial charge in [-0.1, -0.05) is 11.6 Å². The second-order valence-electron chi connectivity index (χ2n) is 8.39. The fraction of sp³-hybridized carbons (Fsp3) is 0.320. The Morgan fingerprint density at radius 3 is 2.72 bits per heavy atom. The fourth-order valence-electron chi connectivity index (χ4n) is 4.83. The molecule has 2 aromatic carbocycles. The maximum absolute atomic E-state index is 6.38. The number of benzene rings is 2. The van der Waals surface area contributed by atoms with Crippen molar-refractivity contribution in [2.45, 2.75) is 32.9 Å². The SMILES string of the molecule is COc1ccc2[nH]c3c(c2c1)CC[NH2+][C@H]3c1ccc(OC)c(Cn2nc(C)c(Cl)c2C)c1. The third-order valence-electron chi connectivity index (χ3n) is 6.53. The van der Waals surface area contributed by atoms with Gasteiger partial charge in [-0.15, -0.1) is 0 Å². The zero-order valence-corrected chi connectivity index (χ0v) is 19.6. The molecule has 0 fully saturated rings. The Labute approximate surface area is 192 Å². The van der Waals surface area contributed by atoms with Crippen molar-refractivity contribution in [1.82, 2.24) is 14.8 Å². The van der Waals surface area contributed by atoms with Crippen molar-refractivity contribution < 1.29 is 14.8 Å². The molecule has 0 saturated heterocycles. The van der Waals surface area contributed by atoms with E-state index >= 15 is 0 Å². The number of fused-ring (bicyclic) bond motifs is 3. The predicted octanol–water partition coefficient (Wildman–Crippen LogP) is 3.91. The largest absolute Gasteiger partial charge is 0.497 e. The number of aromatic amines is 1. The summed E-state index contributed by atoms with van der Waals surface area (Å²) in [5.41, 5.74) is 7.95. The van der Waals surface area contributed by atoms with Crippen LogP contribution in [0.4, 0.5) is 0 Å². The summed E-state index contributed by atoms with van der Waals surface area (Å²) >= 11 is 6.38. The number of H-pyrrole nitrogens is 1. The molecule has 0 amide bonds. The first-order valence-electron chi connectivity index (χ1n) is 10.9. The monoisotopic (exact) mass is 451 g/mol. The summed E-state index contributed by atoms with van der Waals surface area (Å²) in [6.45, 7) is 5.58. The van der Waals surface area contributed by atoms with Gasteiger partial charge in [-0.2, -0.15) is 5.10 Å². The number of ether oxygens (including phenoxy) is 2. The zero-order chi connectivity index (χ0) is 22.4. The molecule has 0 unspecified atom stereocenters. The number of nitrogens with two attached hydrogens (primary N) is 1. The molecular weight excluding hydrogens is 424 g/mol. The molecule has 6 nitrogen and oxygen atoms in total. The number of halogens is 1. The van der Waals surface area contributed by atoms with Gasteiger partial charge in [0.15, 0.2) is 6.04 Å². The number of aryl methyl sites for hydroxylation is 1. The van der Waals surface area contributed by atoms with Crippen LogP contribution in [0.15, 0.2) is 36.4 Å². The van der Waals surface area contributed by atoms with Crippen molar-refractivity contribution in [2.75, 3.05) is 20.8 Å². The van der Waals surface area contributed by atoms with Crippen LogP contribution in [0.1, 0.15) is 39.8 Å². The van der Waals surface area contributed by atoms with Crippen molar-refractivity contribution in [2.24, 2.45) is 0 Å². The highest BCUT2D eigenvalue weighted by molar-refractivity contribution is 6.31. The van der Waals surface area contributed by atoms with Gasteiger partial charge in [0.05, 0.1) is 49.4 Å². The molecule has 0 saturated carbocycles. The lowest BCUT2D eigenvalue weighted by Gasteiger charge is -2.22. The minimum atomic E-state index is 0.200. The quantitative estimate of drug-likeness (QED) is 0.483. The number of hydrogen-bond donors (Lipinski definition) is 2. The summed E-state index contributed by atoms with van der Waals surface area (Å²) < 4.78 is 13.1. The molecule has 0 bridgehead atoms. The van der Waals surface area contributed by atoms with Crippen LogP contribution in [0.25, 0.3) is 10.9 Å². The van der Waals surface area contributed by atoms with Crippen LogP contribution >= 0.6 is 11.6 Å². The van der Waals surface area contributed by atoms with Crippen molar-refractivity contribution in [3.05, 3.63) is 75.2 Å². The third-order valence-corrected chi connectivity index (χ3v) is 7.08. The van der Waals surface area contributed by atoms with E-state index in [1.54, 1.807) is 14.2 Å². The van der Waals surface area contributed by atoms with Crippen LogP contribution in [0.2, 0.25) is 5.02 Å². The fourth-order valence-corrected chi connectivity index (χ4v) is 4.97. The molecule has 1 aliphatic rings. The molecule has 0 radical (unpaired) electrons. The number of hydrogen-bond acceptors (Lipinski definition) is 3. The molecule has 32 heavy (non-hydrogen) atoms. The lowest BCUT2D eigenvalue weighted by Crippen LogP contribution is -2.87. The van der Waals surface area contributed by atoms with Crippen molar-refractivity contribution in [3.8, 4) is 11.5 Å². The number of quaternary nitrogens is 1. The first-order valence-corrected chi connectivity index (χ1v) is 11.3. The van der Waals surface area contributed by atoms with E-state index in [2.05, 4.69) is 45.7 Å². The molecular formula is C25H28ClN4O2+. The van der Waals surface area contributed by atoms with Crippen LogP contribution in [0.3, 0.4) is 0 Å². The van der Waals surface area contributed by atoms with Gasteiger partial charge in [-0.25, -0.2) is 0 Å². The average Bonchev–Trinajstić information content (AvgIpc) is 3.30. The summed E-state index contributed by atoms with van der Waals surface area (Å²) in [6, 6.07) is 12.9. The summed E-state index contributed by atoms with van der Waals surface area (Å²) in [5, 5.41) is 8.98. The van der Waals surface area contributed by atoms with Crippen molar-refractivity contribution in [3.63, 3.8) is 0 Å². The first-order chi connectivity index (χ1) is 15.5. The van der Waals surface area contributed by atoms with Crippen LogP contribution in [0.5, 0.6) is 11.5 Å². The van der Waals surface area contributed by atoms with Gasteiger partial charge in [0, 0.05) is 28.5 Å². The molecule has 1 aliphatic heterocycles. The Bertz CT molecular complexity index is 1310. The average molecular weight is 452 g/mol. The summed E-state index contributed by atoms with van der Waals surface area (Å²) in [6.07, 6.45) is 1.03. The minimum absolute atomic E-state index is 0.200. The van der Waals surface area contributed by atoms with Crippen LogP contribution < -0.4 is 14.8 Å². The van der Waals surface area contributed by atoms with Crippen molar-refractivity contribution >= 4 is 22.5 Å². The van der Waals surface area contributed by atoms with Gasteiger partial charge in [0.25, 0.3) is 0 Å². The topological polar surface area (TPSA) is 68.7 Å². The Morgan fingerprint density at radius 2 is 2.00 bits per heavy atom. The second kappa shape index (κ2) is 8.19. The van der Waals surface area contributed by atoms with E-state index in [-0.39, 0.29) is 6.04 Å². The van der Waals surface area contributed by atoms with E-state index in [1.807, 2.05) is 24.6 Å². The van der Waals surface area contributed by atoms with Gasteiger partial charge in [0.2, 0.25) is 0 Å². The smallest absolute Gasteiger partial charge is 0.153 e. The maximum atomic E-state index is 6.38. The highest BCUT2D eigenvalue weighted by Crippen LogP contribution is 2.34. The van der Waals surface area contributed by atoms with Gasteiger partial charge < -0.3 is 19.8 Å². The number of aromatic nitrogens is 3. The Kier molecular flexibility index (Phi) is 5.35. The van der Waals surface area contributed by atoms with Gasteiger partial charge in [0.1, 0.15) is 11.5 Å². The van der Waals surface area contributed by atoms with E-state index in [0.29, 0.717) is 6.54 Å². The first kappa shape index (κ1) is 20.9. The summed E-state index contributed by atoms with van der Waals surface area (Å²) in [7, 11) is 3.42. The Hall–Kier alpha value is -2.96. The van der Waals surface area contributed by atoms with Crippen molar-refractivity contribution in [1.29, 1.82) is 0 Å². The van der Waals surface area contributed by atoms with E-state index in [1.165, 1.54) is 22.2 Å². The van der Waals surface area contributed by atoms with Gasteiger partial charge in [-0.3, -0.25) is 4.68 Å². The molecule has 3 N–H and O–H groups in total. The lowest BCUT2D eigenvalue weighted by molar-refractivity contribution is -0.690. The van der Waals surface area contributed by atoms with Gasteiger partial charge >= 0.3 is 0 Å². The molecule has 0 spiro atoms. The number of rotatable bonds is 5. The number of nitrogens with zero attached hydrogens (tertiary/aromatic N) is 2. The maximum Gasteiger partial charge on any atom is 0.153 e. The van der Waals surface area contributed by atoms with E-state index in [4.69, 9.17) is 21.1 Å². The van der Waals surface area contributed by atoms with Crippen LogP contribution in [0, 0.1) is 13.8 Å². The highest BCUT2D eigenvalue weighted by Gasteiger charge is 2.29. The highest BCUT2D eigenvalue weighted by atomic mass is 35.5. The number of methoxy groups -OCH3 is 2. The predicted molar refractivity (Wildman–Crippen MR) is 126 cm³/mol. The van der Waals surface area contributed by atoms with E-state index in [0.717, 1.165) is 52.0 Å². The Morgan fingerprint density at radius 1 is 1.16 bits per heavy atom. The lowest BCUT2D eigenvalue weighted by atomic mass is 9.93. The summed E-state index contributed by atoms with van der Waals surface area (Å²) in [4.78, 5) is 3.68. The molecule has 3 heterocycles. The molecule has 5 rings (SSSR count). The normalized spacial score (nSPS) is 15.7. The standard InChI is InChI=1S/C25H27ClN4O2/c1-14-23(26)15(2)30(29-14)13-17-11-16(5-8-22(17)32-4)24-25-19(9-10-27-24)20-12-18(31-3)6-7-21(20)28-25/h5-8,11-12,24,27-28H,9-10,13H2,1-4H3/p+1/t24-/m0/s1. The van der Waals surface area contributed by atoms with Crippen LogP contribution in [-0.4, -0.2) is 35.5 Å². The second-order valence-corrected chi connectivity index (χ2v) is 8.77.